The highest BCUT2D eigenvalue weighted by Gasteiger charge is 2.46. The molecule has 9 heteroatoms. The first-order chi connectivity index (χ1) is 13.8. The first kappa shape index (κ1) is 19.4. The minimum absolute atomic E-state index is 0.158. The van der Waals surface area contributed by atoms with E-state index in [2.05, 4.69) is 10.6 Å². The monoisotopic (exact) mass is 415 g/mol. The molecule has 4 rings (SSSR count). The second kappa shape index (κ2) is 7.16. The molecule has 2 aliphatic heterocycles. The molecule has 0 bridgehead atoms. The van der Waals surface area contributed by atoms with E-state index in [1.165, 1.54) is 23.4 Å². The predicted molar refractivity (Wildman–Crippen MR) is 107 cm³/mol. The quantitative estimate of drug-likeness (QED) is 0.802. The Labute approximate surface area is 168 Å². The van der Waals surface area contributed by atoms with E-state index in [4.69, 9.17) is 4.74 Å². The summed E-state index contributed by atoms with van der Waals surface area (Å²) in [5, 5.41) is 5.31. The number of carbonyl (C=O) groups excluding carboxylic acids is 2. The molecule has 8 nitrogen and oxygen atoms in total. The van der Waals surface area contributed by atoms with Crippen LogP contribution in [0.1, 0.15) is 25.3 Å². The van der Waals surface area contributed by atoms with Crippen LogP contribution in [0.15, 0.2) is 53.4 Å². The summed E-state index contributed by atoms with van der Waals surface area (Å²) in [6.07, 6.45) is 0.231. The molecule has 2 aromatic carbocycles. The lowest BCUT2D eigenvalue weighted by Gasteiger charge is -2.43. The van der Waals surface area contributed by atoms with Gasteiger partial charge in [0.15, 0.2) is 0 Å². The maximum atomic E-state index is 13.0. The number of sulfonamides is 1. The summed E-state index contributed by atoms with van der Waals surface area (Å²) in [5.41, 5.74) is 1.29. The fraction of sp³-hybridized carbons (Fsp3) is 0.300. The second-order valence-corrected chi connectivity index (χ2v) is 9.10. The van der Waals surface area contributed by atoms with E-state index in [9.17, 15) is 18.0 Å². The minimum Gasteiger partial charge on any atom is -0.438 e. The Bertz CT molecular complexity index is 1060. The molecule has 29 heavy (non-hydrogen) atoms. The number of hydrogen-bond donors (Lipinski definition) is 2. The standard InChI is InChI=1S/C20H21N3O5S/c1-14(24)21-15-6-8-16(9-7-15)29(26,27)23-12-10-20(11-13-23)17-4-2-3-5-18(17)22-19(25)28-20/h2-9H,10-13H2,1H3,(H,21,24)(H,22,25). The van der Waals surface area contributed by atoms with E-state index in [-0.39, 0.29) is 23.9 Å². The van der Waals surface area contributed by atoms with Crippen LogP contribution < -0.4 is 10.6 Å². The van der Waals surface area contributed by atoms with Gasteiger partial charge in [0.25, 0.3) is 0 Å². The van der Waals surface area contributed by atoms with Crippen molar-refractivity contribution in [2.24, 2.45) is 0 Å². The van der Waals surface area contributed by atoms with Gasteiger partial charge in [-0.3, -0.25) is 10.1 Å². The Morgan fingerprint density at radius 1 is 1.10 bits per heavy atom. The molecule has 1 saturated heterocycles. The van der Waals surface area contributed by atoms with Crippen LogP contribution in [0.2, 0.25) is 0 Å². The summed E-state index contributed by atoms with van der Waals surface area (Å²) >= 11 is 0. The highest BCUT2D eigenvalue weighted by atomic mass is 32.2. The fourth-order valence-electron chi connectivity index (χ4n) is 3.88. The van der Waals surface area contributed by atoms with E-state index < -0.39 is 21.7 Å². The molecule has 0 aliphatic carbocycles. The summed E-state index contributed by atoms with van der Waals surface area (Å²) in [4.78, 5) is 23.3. The minimum atomic E-state index is -3.69. The molecule has 2 aliphatic rings. The lowest BCUT2D eigenvalue weighted by Crippen LogP contribution is -2.49. The molecular weight excluding hydrogens is 394 g/mol. The number of nitrogens with one attached hydrogen (secondary N) is 2. The van der Waals surface area contributed by atoms with Gasteiger partial charge in [-0.15, -0.1) is 0 Å². The van der Waals surface area contributed by atoms with Crippen molar-refractivity contribution in [1.29, 1.82) is 0 Å². The average Bonchev–Trinajstić information content (AvgIpc) is 2.68. The van der Waals surface area contributed by atoms with Crippen LogP contribution in [0, 0.1) is 0 Å². The van der Waals surface area contributed by atoms with Crippen molar-refractivity contribution in [2.45, 2.75) is 30.3 Å². The van der Waals surface area contributed by atoms with Gasteiger partial charge in [-0.25, -0.2) is 13.2 Å². The van der Waals surface area contributed by atoms with E-state index in [1.807, 2.05) is 24.3 Å². The Morgan fingerprint density at radius 3 is 2.41 bits per heavy atom. The summed E-state index contributed by atoms with van der Waals surface area (Å²) in [5.74, 6) is -0.223. The topological polar surface area (TPSA) is 105 Å². The molecular formula is C20H21N3O5S. The SMILES string of the molecule is CC(=O)Nc1ccc(S(=O)(=O)N2CCC3(CC2)OC(=O)Nc2ccccc23)cc1. The zero-order chi connectivity index (χ0) is 20.6. The molecule has 1 spiro atoms. The van der Waals surface area contributed by atoms with Crippen molar-refractivity contribution in [2.75, 3.05) is 23.7 Å². The third kappa shape index (κ3) is 3.58. The van der Waals surface area contributed by atoms with Gasteiger partial charge in [-0.05, 0) is 30.3 Å². The van der Waals surface area contributed by atoms with Crippen LogP contribution in [0.5, 0.6) is 0 Å². The Kier molecular flexibility index (Phi) is 4.79. The number of hydrogen-bond acceptors (Lipinski definition) is 5. The summed E-state index contributed by atoms with van der Waals surface area (Å²) < 4.78 is 33.1. The number of amides is 2. The summed E-state index contributed by atoms with van der Waals surface area (Å²) in [6.45, 7) is 1.86. The number of anilines is 2. The van der Waals surface area contributed by atoms with Crippen LogP contribution in [0.25, 0.3) is 0 Å². The molecule has 0 unspecified atom stereocenters. The molecule has 2 aromatic rings. The third-order valence-corrected chi connectivity index (χ3v) is 7.20. The first-order valence-corrected chi connectivity index (χ1v) is 10.7. The van der Waals surface area contributed by atoms with E-state index >= 15 is 0 Å². The Balaban J connectivity index is 1.54. The van der Waals surface area contributed by atoms with E-state index in [0.717, 1.165) is 5.56 Å². The third-order valence-electron chi connectivity index (χ3n) is 5.29. The number of nitrogens with zero attached hydrogens (tertiary/aromatic N) is 1. The molecule has 0 saturated carbocycles. The molecule has 2 amide bonds. The van der Waals surface area contributed by atoms with Gasteiger partial charge >= 0.3 is 6.09 Å². The predicted octanol–water partition coefficient (Wildman–Crippen LogP) is 2.89. The number of fused-ring (bicyclic) bond motifs is 2. The molecule has 152 valence electrons. The molecule has 0 atom stereocenters. The van der Waals surface area contributed by atoms with Crippen LogP contribution in [0.3, 0.4) is 0 Å². The maximum Gasteiger partial charge on any atom is 0.412 e. The van der Waals surface area contributed by atoms with Crippen molar-refractivity contribution in [3.8, 4) is 0 Å². The van der Waals surface area contributed by atoms with Crippen LogP contribution in [0.4, 0.5) is 16.2 Å². The number of piperidine rings is 1. The number of carbonyl (C=O) groups is 2. The van der Waals surface area contributed by atoms with Crippen LogP contribution >= 0.6 is 0 Å². The molecule has 0 aromatic heterocycles. The lowest BCUT2D eigenvalue weighted by molar-refractivity contribution is -0.114. The number of para-hydroxylation sites is 1. The first-order valence-electron chi connectivity index (χ1n) is 9.27. The Morgan fingerprint density at radius 2 is 1.76 bits per heavy atom. The van der Waals surface area contributed by atoms with Crippen molar-refractivity contribution in [3.63, 3.8) is 0 Å². The normalized spacial score (nSPS) is 18.4. The maximum absolute atomic E-state index is 13.0. The molecule has 2 N–H and O–H groups in total. The Hall–Kier alpha value is -2.91. The van der Waals surface area contributed by atoms with Gasteiger partial charge in [-0.1, -0.05) is 18.2 Å². The highest BCUT2D eigenvalue weighted by Crippen LogP contribution is 2.44. The summed E-state index contributed by atoms with van der Waals surface area (Å²) in [7, 11) is -3.69. The number of rotatable bonds is 3. The smallest absolute Gasteiger partial charge is 0.412 e. The van der Waals surface area contributed by atoms with E-state index in [0.29, 0.717) is 24.2 Å². The largest absolute Gasteiger partial charge is 0.438 e. The van der Waals surface area contributed by atoms with E-state index in [1.54, 1.807) is 12.1 Å². The van der Waals surface area contributed by atoms with Gasteiger partial charge in [0, 0.05) is 44.1 Å². The van der Waals surface area contributed by atoms with Gasteiger partial charge < -0.3 is 10.1 Å². The molecule has 0 radical (unpaired) electrons. The average molecular weight is 415 g/mol. The number of benzene rings is 2. The second-order valence-electron chi connectivity index (χ2n) is 7.16. The van der Waals surface area contributed by atoms with Gasteiger partial charge in [0.2, 0.25) is 15.9 Å². The molecule has 1 fully saturated rings. The zero-order valence-corrected chi connectivity index (χ0v) is 16.7. The zero-order valence-electron chi connectivity index (χ0n) is 15.8. The fourth-order valence-corrected chi connectivity index (χ4v) is 5.32. The van der Waals surface area contributed by atoms with Crippen molar-refractivity contribution >= 4 is 33.4 Å². The van der Waals surface area contributed by atoms with Gasteiger partial charge in [0.1, 0.15) is 5.60 Å². The summed E-state index contributed by atoms with van der Waals surface area (Å²) in [6, 6.07) is 13.5. The van der Waals surface area contributed by atoms with Crippen molar-refractivity contribution in [1.82, 2.24) is 4.31 Å². The van der Waals surface area contributed by atoms with Gasteiger partial charge in [0.05, 0.1) is 10.6 Å². The van der Waals surface area contributed by atoms with Crippen LogP contribution in [-0.4, -0.2) is 37.8 Å². The van der Waals surface area contributed by atoms with Crippen molar-refractivity contribution < 1.29 is 22.7 Å². The number of ether oxygens (including phenoxy) is 1. The molecule has 2 heterocycles. The van der Waals surface area contributed by atoms with Crippen molar-refractivity contribution in [3.05, 3.63) is 54.1 Å². The lowest BCUT2D eigenvalue weighted by atomic mass is 9.83. The van der Waals surface area contributed by atoms with Gasteiger partial charge in [-0.2, -0.15) is 4.31 Å². The van der Waals surface area contributed by atoms with Crippen LogP contribution in [-0.2, 0) is 25.2 Å². The highest BCUT2D eigenvalue weighted by molar-refractivity contribution is 7.89.